The zero-order valence-electron chi connectivity index (χ0n) is 12.7. The van der Waals surface area contributed by atoms with Crippen LogP contribution >= 0.6 is 0 Å². The molecule has 0 fully saturated rings. The summed E-state index contributed by atoms with van der Waals surface area (Å²) in [6, 6.07) is 5.59. The van der Waals surface area contributed by atoms with Gasteiger partial charge in [0.2, 0.25) is 5.78 Å². The second kappa shape index (κ2) is 5.80. The molecule has 120 valence electrons. The van der Waals surface area contributed by atoms with E-state index in [4.69, 9.17) is 5.26 Å². The van der Waals surface area contributed by atoms with Gasteiger partial charge in [0.25, 0.3) is 0 Å². The summed E-state index contributed by atoms with van der Waals surface area (Å²) in [5.74, 6) is -0.566. The predicted molar refractivity (Wildman–Crippen MR) is 79.8 cm³/mol. The van der Waals surface area contributed by atoms with Crippen LogP contribution in [0.2, 0.25) is 0 Å². The first-order chi connectivity index (χ1) is 10.6. The van der Waals surface area contributed by atoms with Gasteiger partial charge in [0, 0.05) is 31.2 Å². The molecule has 1 aromatic heterocycles. The summed E-state index contributed by atoms with van der Waals surface area (Å²) in [5.41, 5.74) is -0.501. The third-order valence-corrected chi connectivity index (χ3v) is 3.27. The van der Waals surface area contributed by atoms with E-state index in [1.807, 2.05) is 0 Å². The number of nitriles is 1. The van der Waals surface area contributed by atoms with Crippen molar-refractivity contribution in [3.05, 3.63) is 46.8 Å². The summed E-state index contributed by atoms with van der Waals surface area (Å²) >= 11 is 0. The summed E-state index contributed by atoms with van der Waals surface area (Å²) in [5, 5.41) is 9.54. The monoisotopic (exact) mass is 321 g/mol. The quantitative estimate of drug-likeness (QED) is 0.533. The Labute approximate surface area is 130 Å². The van der Waals surface area contributed by atoms with E-state index in [2.05, 4.69) is 4.98 Å². The number of hydrogen-bond acceptors (Lipinski definition) is 3. The number of halogens is 3. The molecule has 4 nitrogen and oxygen atoms in total. The first-order valence-corrected chi connectivity index (χ1v) is 6.67. The highest BCUT2D eigenvalue weighted by Crippen LogP contribution is 2.34. The number of hydrogen-bond donors (Lipinski definition) is 1. The SMILES string of the molecule is Cc1cc2cc(C(=O)/C(C#N)=C/N(C)C)[nH]c2cc1C(F)(F)F. The molecule has 0 unspecified atom stereocenters. The van der Waals surface area contributed by atoms with E-state index in [1.165, 1.54) is 25.3 Å². The lowest BCUT2D eigenvalue weighted by Crippen LogP contribution is -2.09. The van der Waals surface area contributed by atoms with Crippen molar-refractivity contribution in [2.24, 2.45) is 0 Å². The number of carbonyl (C=O) groups excluding carboxylic acids is 1. The number of H-pyrrole nitrogens is 1. The lowest BCUT2D eigenvalue weighted by molar-refractivity contribution is -0.137. The lowest BCUT2D eigenvalue weighted by Gasteiger charge is -2.09. The van der Waals surface area contributed by atoms with Gasteiger partial charge in [-0.1, -0.05) is 0 Å². The van der Waals surface area contributed by atoms with Crippen molar-refractivity contribution in [2.75, 3.05) is 14.1 Å². The fraction of sp³-hybridized carbons (Fsp3) is 0.250. The van der Waals surface area contributed by atoms with Crippen molar-refractivity contribution in [2.45, 2.75) is 13.1 Å². The first-order valence-electron chi connectivity index (χ1n) is 6.67. The van der Waals surface area contributed by atoms with Crippen molar-refractivity contribution >= 4 is 16.7 Å². The number of aromatic amines is 1. The number of aryl methyl sites for hydroxylation is 1. The first kappa shape index (κ1) is 16.6. The molecule has 7 heteroatoms. The van der Waals surface area contributed by atoms with E-state index in [-0.39, 0.29) is 22.3 Å². The zero-order chi connectivity index (χ0) is 17.4. The van der Waals surface area contributed by atoms with Gasteiger partial charge in [-0.15, -0.1) is 0 Å². The average molecular weight is 321 g/mol. The Morgan fingerprint density at radius 3 is 2.48 bits per heavy atom. The third-order valence-electron chi connectivity index (χ3n) is 3.27. The van der Waals surface area contributed by atoms with Gasteiger partial charge in [-0.25, -0.2) is 0 Å². The van der Waals surface area contributed by atoms with Crippen LogP contribution in [-0.2, 0) is 6.18 Å². The Bertz CT molecular complexity index is 839. The number of nitrogens with one attached hydrogen (secondary N) is 1. The molecule has 2 rings (SSSR count). The summed E-state index contributed by atoms with van der Waals surface area (Å²) in [6.07, 6.45) is -3.10. The molecule has 1 heterocycles. The van der Waals surface area contributed by atoms with Gasteiger partial charge in [-0.3, -0.25) is 4.79 Å². The molecule has 2 aromatic rings. The summed E-state index contributed by atoms with van der Waals surface area (Å²) in [4.78, 5) is 16.5. The predicted octanol–water partition coefficient (Wildman–Crippen LogP) is 3.65. The van der Waals surface area contributed by atoms with Crippen molar-refractivity contribution in [3.8, 4) is 6.07 Å². The van der Waals surface area contributed by atoms with Crippen LogP contribution in [0.15, 0.2) is 30.0 Å². The largest absolute Gasteiger partial charge is 0.416 e. The molecule has 0 radical (unpaired) electrons. The maximum absolute atomic E-state index is 12.9. The fourth-order valence-corrected chi connectivity index (χ4v) is 2.26. The molecule has 0 amide bonds. The molecule has 0 saturated heterocycles. The highest BCUT2D eigenvalue weighted by molar-refractivity contribution is 6.12. The van der Waals surface area contributed by atoms with Gasteiger partial charge in [-0.05, 0) is 30.7 Å². The summed E-state index contributed by atoms with van der Waals surface area (Å²) < 4.78 is 38.8. The Morgan fingerprint density at radius 1 is 1.30 bits per heavy atom. The standard InChI is InChI=1S/C16H14F3N3O/c1-9-4-10-5-14(15(23)11(7-20)8-22(2)3)21-13(10)6-12(9)16(17,18)19/h4-6,8,21H,1-3H3/b11-8+. The van der Waals surface area contributed by atoms with Crippen LogP contribution in [0.4, 0.5) is 13.2 Å². The minimum Gasteiger partial charge on any atom is -0.382 e. The van der Waals surface area contributed by atoms with Gasteiger partial charge in [-0.2, -0.15) is 18.4 Å². The van der Waals surface area contributed by atoms with E-state index in [9.17, 15) is 18.0 Å². The molecule has 0 atom stereocenters. The molecular formula is C16H14F3N3O. The topological polar surface area (TPSA) is 59.9 Å². The smallest absolute Gasteiger partial charge is 0.382 e. The molecule has 23 heavy (non-hydrogen) atoms. The molecule has 0 aliphatic carbocycles. The Kier molecular flexibility index (Phi) is 4.19. The van der Waals surface area contributed by atoms with E-state index in [0.29, 0.717) is 5.39 Å². The van der Waals surface area contributed by atoms with Crippen LogP contribution in [-0.4, -0.2) is 29.8 Å². The molecule has 0 spiro atoms. The van der Waals surface area contributed by atoms with Crippen LogP contribution in [0.3, 0.4) is 0 Å². The van der Waals surface area contributed by atoms with Gasteiger partial charge >= 0.3 is 6.18 Å². The lowest BCUT2D eigenvalue weighted by atomic mass is 10.1. The van der Waals surface area contributed by atoms with Crippen LogP contribution in [0, 0.1) is 18.3 Å². The molecule has 1 N–H and O–H groups in total. The fourth-order valence-electron chi connectivity index (χ4n) is 2.26. The number of rotatable bonds is 3. The third kappa shape index (κ3) is 3.37. The van der Waals surface area contributed by atoms with Crippen molar-refractivity contribution in [3.63, 3.8) is 0 Å². The van der Waals surface area contributed by atoms with Crippen LogP contribution in [0.1, 0.15) is 21.6 Å². The second-order valence-electron chi connectivity index (χ2n) is 5.38. The number of allylic oxidation sites excluding steroid dienone is 1. The molecule has 1 aromatic carbocycles. The van der Waals surface area contributed by atoms with Crippen LogP contribution < -0.4 is 0 Å². The maximum Gasteiger partial charge on any atom is 0.416 e. The number of alkyl halides is 3. The van der Waals surface area contributed by atoms with Gasteiger partial charge in [0.1, 0.15) is 11.6 Å². The number of carbonyl (C=O) groups is 1. The molecular weight excluding hydrogens is 307 g/mol. The Morgan fingerprint density at radius 2 is 1.96 bits per heavy atom. The number of aromatic nitrogens is 1. The zero-order valence-corrected chi connectivity index (χ0v) is 12.7. The molecule has 0 bridgehead atoms. The molecule has 0 aliphatic rings. The van der Waals surface area contributed by atoms with Crippen molar-refractivity contribution < 1.29 is 18.0 Å². The second-order valence-corrected chi connectivity index (χ2v) is 5.38. The van der Waals surface area contributed by atoms with Crippen LogP contribution in [0.25, 0.3) is 10.9 Å². The van der Waals surface area contributed by atoms with Crippen molar-refractivity contribution in [1.29, 1.82) is 5.26 Å². The number of Topliss-reactive ketones (excluding diaryl/α,β-unsaturated/α-hetero) is 1. The number of benzene rings is 1. The minimum atomic E-state index is -4.46. The van der Waals surface area contributed by atoms with Gasteiger partial charge in [0.05, 0.1) is 11.3 Å². The molecule has 0 aliphatic heterocycles. The Hall–Kier alpha value is -2.75. The Balaban J connectivity index is 2.53. The average Bonchev–Trinajstić information content (AvgIpc) is 2.84. The van der Waals surface area contributed by atoms with Gasteiger partial charge in [0.15, 0.2) is 0 Å². The highest BCUT2D eigenvalue weighted by Gasteiger charge is 2.32. The van der Waals surface area contributed by atoms with Crippen LogP contribution in [0.5, 0.6) is 0 Å². The molecule has 0 saturated carbocycles. The van der Waals surface area contributed by atoms with E-state index >= 15 is 0 Å². The minimum absolute atomic E-state index is 0.0762. The maximum atomic E-state index is 12.9. The van der Waals surface area contributed by atoms with E-state index < -0.39 is 17.5 Å². The van der Waals surface area contributed by atoms with E-state index in [1.54, 1.807) is 25.1 Å². The normalized spacial score (nSPS) is 12.3. The van der Waals surface area contributed by atoms with Crippen molar-refractivity contribution in [1.82, 2.24) is 9.88 Å². The summed E-state index contributed by atoms with van der Waals surface area (Å²) in [6.45, 7) is 1.36. The highest BCUT2D eigenvalue weighted by atomic mass is 19.4. The van der Waals surface area contributed by atoms with Gasteiger partial charge < -0.3 is 9.88 Å². The number of ketones is 1. The number of nitrogens with zero attached hydrogens (tertiary/aromatic N) is 2. The summed E-state index contributed by atoms with van der Waals surface area (Å²) in [7, 11) is 3.32. The number of fused-ring (bicyclic) bond motifs is 1. The van der Waals surface area contributed by atoms with E-state index in [0.717, 1.165) is 6.07 Å².